The molecular weight excluding hydrogens is 440 g/mol. The van der Waals surface area contributed by atoms with Gasteiger partial charge in [0.15, 0.2) is 0 Å². The number of nitrogens with one attached hydrogen (secondary N) is 1. The highest BCUT2D eigenvalue weighted by atomic mass is 32.2. The molecule has 1 aliphatic heterocycles. The summed E-state index contributed by atoms with van der Waals surface area (Å²) < 4.78 is 5.50. The third kappa shape index (κ3) is 6.82. The number of carboxylic acids is 1. The van der Waals surface area contributed by atoms with Crippen LogP contribution in [0.4, 0.5) is 5.69 Å². The Balaban J connectivity index is 1.69. The van der Waals surface area contributed by atoms with Crippen molar-refractivity contribution in [3.8, 4) is 0 Å². The Labute approximate surface area is 198 Å². The number of carbonyl (C=O) groups is 3. The second-order valence-corrected chi connectivity index (χ2v) is 9.44. The molecule has 0 saturated carbocycles. The van der Waals surface area contributed by atoms with Crippen LogP contribution in [0, 0.1) is 5.92 Å². The fourth-order valence-electron chi connectivity index (χ4n) is 3.66. The minimum atomic E-state index is -1.07. The molecule has 176 valence electrons. The third-order valence-electron chi connectivity index (χ3n) is 5.29. The molecule has 1 heterocycles. The fraction of sp³-hybridized carbons (Fsp3) is 0.400. The second kappa shape index (κ2) is 11.9. The zero-order valence-electron chi connectivity index (χ0n) is 18.9. The number of amides is 1. The molecule has 2 aromatic rings. The summed E-state index contributed by atoms with van der Waals surface area (Å²) in [4.78, 5) is 39.6. The Hall–Kier alpha value is -2.84. The topological polar surface area (TPSA) is 95.9 Å². The molecule has 2 unspecified atom stereocenters. The molecule has 0 bridgehead atoms. The molecule has 1 aliphatic rings. The molecule has 0 radical (unpaired) electrons. The first-order valence-corrected chi connectivity index (χ1v) is 12.0. The maximum Gasteiger partial charge on any atom is 0.323 e. The first-order valence-electron chi connectivity index (χ1n) is 11.1. The Morgan fingerprint density at radius 2 is 1.85 bits per heavy atom. The molecule has 7 nitrogen and oxygen atoms in total. The molecule has 1 amide bonds. The number of ether oxygens (including phenoxy) is 1. The number of carbonyl (C=O) groups excluding carboxylic acids is 2. The van der Waals surface area contributed by atoms with Crippen LogP contribution in [0.15, 0.2) is 59.5 Å². The average molecular weight is 471 g/mol. The van der Waals surface area contributed by atoms with Crippen LogP contribution in [0.2, 0.25) is 0 Å². The molecule has 2 N–H and O–H groups in total. The number of hydrogen-bond acceptors (Lipinski definition) is 6. The van der Waals surface area contributed by atoms with E-state index in [4.69, 9.17) is 4.74 Å². The van der Waals surface area contributed by atoms with Crippen molar-refractivity contribution in [2.45, 2.75) is 37.1 Å². The van der Waals surface area contributed by atoms with E-state index in [0.717, 1.165) is 10.5 Å². The summed E-state index contributed by atoms with van der Waals surface area (Å²) in [6.45, 7) is 4.34. The minimum Gasteiger partial charge on any atom is -0.480 e. The number of rotatable bonds is 10. The van der Waals surface area contributed by atoms with Gasteiger partial charge in [0.25, 0.3) is 0 Å². The second-order valence-electron chi connectivity index (χ2n) is 8.38. The summed E-state index contributed by atoms with van der Waals surface area (Å²) in [7, 11) is 0. The lowest BCUT2D eigenvalue weighted by atomic mass is 9.95. The van der Waals surface area contributed by atoms with Gasteiger partial charge < -0.3 is 15.2 Å². The molecule has 0 saturated heterocycles. The molecule has 0 aromatic heterocycles. The molecule has 2 aromatic carbocycles. The number of nitrogens with zero attached hydrogens (tertiary/aromatic N) is 1. The zero-order valence-corrected chi connectivity index (χ0v) is 19.7. The van der Waals surface area contributed by atoms with Crippen LogP contribution in [0.5, 0.6) is 0 Å². The van der Waals surface area contributed by atoms with Gasteiger partial charge in [-0.3, -0.25) is 19.3 Å². The normalized spacial score (nSPS) is 16.8. The zero-order chi connectivity index (χ0) is 23.8. The first kappa shape index (κ1) is 24.8. The Morgan fingerprint density at radius 3 is 2.55 bits per heavy atom. The van der Waals surface area contributed by atoms with Gasteiger partial charge in [-0.25, -0.2) is 0 Å². The predicted octanol–water partition coefficient (Wildman–Crippen LogP) is 3.54. The van der Waals surface area contributed by atoms with E-state index in [-0.39, 0.29) is 17.8 Å². The van der Waals surface area contributed by atoms with Gasteiger partial charge in [0, 0.05) is 10.6 Å². The van der Waals surface area contributed by atoms with Crippen molar-refractivity contribution in [2.75, 3.05) is 30.3 Å². The molecule has 0 aliphatic carbocycles. The Kier molecular flexibility index (Phi) is 8.91. The van der Waals surface area contributed by atoms with Crippen LogP contribution in [0.1, 0.15) is 31.7 Å². The van der Waals surface area contributed by atoms with E-state index in [1.54, 1.807) is 12.1 Å². The van der Waals surface area contributed by atoms with Crippen molar-refractivity contribution in [3.05, 3.63) is 60.2 Å². The molecule has 0 fully saturated rings. The number of esters is 1. The number of carboxylic acid groups (broad SMARTS) is 1. The largest absolute Gasteiger partial charge is 0.480 e. The summed E-state index contributed by atoms with van der Waals surface area (Å²) in [6, 6.07) is 16.2. The number of thioether (sulfide) groups is 1. The number of aliphatic carboxylic acids is 1. The highest BCUT2D eigenvalue weighted by Gasteiger charge is 2.32. The van der Waals surface area contributed by atoms with Crippen molar-refractivity contribution in [3.63, 3.8) is 0 Å². The fourth-order valence-corrected chi connectivity index (χ4v) is 4.76. The molecule has 33 heavy (non-hydrogen) atoms. The van der Waals surface area contributed by atoms with E-state index >= 15 is 0 Å². The van der Waals surface area contributed by atoms with Gasteiger partial charge in [0.05, 0.1) is 24.3 Å². The number of benzene rings is 2. The van der Waals surface area contributed by atoms with Gasteiger partial charge >= 0.3 is 11.9 Å². The lowest BCUT2D eigenvalue weighted by Crippen LogP contribution is -2.49. The molecule has 0 spiro atoms. The van der Waals surface area contributed by atoms with E-state index in [9.17, 15) is 19.5 Å². The SMILES string of the molecule is CC(C)COC(=O)C(CCNC1CSc2ccccc2N(CC(=O)O)C1=O)c1ccccc1. The quantitative estimate of drug-likeness (QED) is 0.513. The van der Waals surface area contributed by atoms with Gasteiger partial charge in [-0.15, -0.1) is 11.8 Å². The van der Waals surface area contributed by atoms with Crippen LogP contribution >= 0.6 is 11.8 Å². The lowest BCUT2D eigenvalue weighted by molar-refractivity contribution is -0.146. The highest BCUT2D eigenvalue weighted by molar-refractivity contribution is 7.99. The molecule has 2 atom stereocenters. The monoisotopic (exact) mass is 470 g/mol. The summed E-state index contributed by atoms with van der Waals surface area (Å²) in [5, 5.41) is 12.6. The van der Waals surface area contributed by atoms with E-state index in [1.807, 2.05) is 56.3 Å². The average Bonchev–Trinajstić information content (AvgIpc) is 2.92. The van der Waals surface area contributed by atoms with E-state index in [1.165, 1.54) is 16.7 Å². The van der Waals surface area contributed by atoms with E-state index in [2.05, 4.69) is 5.32 Å². The van der Waals surface area contributed by atoms with Gasteiger partial charge in [-0.05, 0) is 36.6 Å². The maximum absolute atomic E-state index is 13.2. The maximum atomic E-state index is 13.2. The van der Waals surface area contributed by atoms with Gasteiger partial charge in [-0.1, -0.05) is 56.3 Å². The van der Waals surface area contributed by atoms with Crippen molar-refractivity contribution < 1.29 is 24.2 Å². The standard InChI is InChI=1S/C25H30N2O5S/c1-17(2)15-32-25(31)19(18-8-4-3-5-9-18)12-13-26-20-16-33-22-11-7-6-10-21(22)27(24(20)30)14-23(28)29/h3-11,17,19-20,26H,12-16H2,1-2H3,(H,28,29). The summed E-state index contributed by atoms with van der Waals surface area (Å²) >= 11 is 1.52. The van der Waals surface area contributed by atoms with E-state index < -0.39 is 24.5 Å². The van der Waals surface area contributed by atoms with Crippen molar-refractivity contribution >= 4 is 35.3 Å². The van der Waals surface area contributed by atoms with Crippen molar-refractivity contribution in [2.24, 2.45) is 5.92 Å². The third-order valence-corrected chi connectivity index (χ3v) is 6.44. The minimum absolute atomic E-state index is 0.242. The summed E-state index contributed by atoms with van der Waals surface area (Å²) in [6.07, 6.45) is 0.460. The molecule has 8 heteroatoms. The van der Waals surface area contributed by atoms with Crippen LogP contribution in [0.25, 0.3) is 0 Å². The van der Waals surface area contributed by atoms with Crippen LogP contribution < -0.4 is 10.2 Å². The van der Waals surface area contributed by atoms with Gasteiger partial charge in [0.1, 0.15) is 6.54 Å². The van der Waals surface area contributed by atoms with Crippen molar-refractivity contribution in [1.29, 1.82) is 0 Å². The number of fused-ring (bicyclic) bond motifs is 1. The van der Waals surface area contributed by atoms with Gasteiger partial charge in [-0.2, -0.15) is 0 Å². The van der Waals surface area contributed by atoms with Crippen LogP contribution in [-0.4, -0.2) is 54.4 Å². The van der Waals surface area contributed by atoms with Crippen LogP contribution in [-0.2, 0) is 19.1 Å². The molecular formula is C25H30N2O5S. The Morgan fingerprint density at radius 1 is 1.15 bits per heavy atom. The van der Waals surface area contributed by atoms with E-state index in [0.29, 0.717) is 31.0 Å². The highest BCUT2D eigenvalue weighted by Crippen LogP contribution is 2.34. The number of hydrogen-bond donors (Lipinski definition) is 2. The number of anilines is 1. The molecule has 3 rings (SSSR count). The smallest absolute Gasteiger partial charge is 0.323 e. The number of para-hydroxylation sites is 1. The lowest BCUT2D eigenvalue weighted by Gasteiger charge is -2.25. The van der Waals surface area contributed by atoms with Crippen LogP contribution in [0.3, 0.4) is 0 Å². The Bertz CT molecular complexity index is 966. The summed E-state index contributed by atoms with van der Waals surface area (Å²) in [5.74, 6) is -1.36. The predicted molar refractivity (Wildman–Crippen MR) is 129 cm³/mol. The first-order chi connectivity index (χ1) is 15.9. The summed E-state index contributed by atoms with van der Waals surface area (Å²) in [5.41, 5.74) is 1.48. The van der Waals surface area contributed by atoms with Crippen molar-refractivity contribution in [1.82, 2.24) is 5.32 Å². The van der Waals surface area contributed by atoms with Gasteiger partial charge in [0.2, 0.25) is 5.91 Å².